The summed E-state index contributed by atoms with van der Waals surface area (Å²) in [5.74, 6) is 5.43. The Hall–Kier alpha value is -6.71. The van der Waals surface area contributed by atoms with Gasteiger partial charge in [0.1, 0.15) is 40.4 Å². The van der Waals surface area contributed by atoms with Gasteiger partial charge in [-0.05, 0) is 180 Å². The van der Waals surface area contributed by atoms with Crippen LogP contribution in [-0.4, -0.2) is 137 Å². The molecule has 0 radical (unpaired) electrons. The quantitative estimate of drug-likeness (QED) is 0.0530. The second-order valence-corrected chi connectivity index (χ2v) is 27.9. The van der Waals surface area contributed by atoms with Crippen molar-refractivity contribution in [2.24, 2.45) is 17.8 Å². The molecule has 15 rings (SSSR count). The molecular formula is C63H68BrCl2N15O6S3. The van der Waals surface area contributed by atoms with E-state index in [4.69, 9.17) is 74.7 Å². The van der Waals surface area contributed by atoms with Crippen LogP contribution in [0.3, 0.4) is 0 Å². The SMILES string of the molecule is Nc1nccc2c1nc(Sc1cc3c(cc1Br)CCO3)n2CCC1CCN(C(=O)CO)C1.Nc1nccc2c1nc(Sc1cc3c(cc1Cl)CCO3)n2CCC1CCN(C=O)C1.Nc1nccc2c1nc(Sc1cc3c(cc1Cl)CCO3)n2CCC1CCNC1. The molecule has 27 heteroatoms. The number of anilines is 3. The van der Waals surface area contributed by atoms with E-state index in [0.29, 0.717) is 77.6 Å². The molecule has 3 fully saturated rings. The molecule has 3 atom stereocenters. The summed E-state index contributed by atoms with van der Waals surface area (Å²) in [7, 11) is 0. The van der Waals surface area contributed by atoms with E-state index < -0.39 is 6.61 Å². The van der Waals surface area contributed by atoms with Gasteiger partial charge in [0.2, 0.25) is 12.3 Å². The molecule has 12 heterocycles. The number of nitrogens with two attached hydrogens (primary N) is 3. The minimum absolute atomic E-state index is 0.195. The highest BCUT2D eigenvalue weighted by molar-refractivity contribution is 9.10. The molecule has 0 aliphatic carbocycles. The van der Waals surface area contributed by atoms with Gasteiger partial charge >= 0.3 is 0 Å². The lowest BCUT2D eigenvalue weighted by atomic mass is 10.1. The number of carbonyl (C=O) groups excluding carboxylic acids is 2. The number of benzene rings is 3. The standard InChI is InChI=1S/C22H24BrN5O3S.C21H22ClN5O2S.C20H22ClN5OS/c23-15-9-14-4-8-31-17(14)10-18(15)32-22-26-20-16(1-5-25-21(20)24)28(22)7-3-13-2-6-27(11-13)19(30)12-29;22-15-9-14-4-8-29-17(14)10-18(15)30-21-25-19-16(1-5-24-20(19)23)27(21)7-3-13-2-6-26(11-13)12-28;21-14-9-13-4-8-27-16(13)10-17(14)28-20-25-18-15(2-6-24-19(18)22)26(20)7-3-12-1-5-23-11-12/h1,5,9-10,13,29H,2-4,6-8,11-12H2,(H2,24,25);1,5,9-10,12-13H,2-4,6-8,11H2,(H2,23,24);2,6,9-10,12,23H,1,3-5,7-8,11H2,(H2,22,24). The second-order valence-electron chi connectivity index (χ2n) is 23.2. The van der Waals surface area contributed by atoms with Crippen molar-refractivity contribution in [1.82, 2.24) is 58.7 Å². The van der Waals surface area contributed by atoms with Crippen molar-refractivity contribution in [2.45, 2.75) is 108 Å². The first-order valence-electron chi connectivity index (χ1n) is 30.3. The van der Waals surface area contributed by atoms with Gasteiger partial charge < -0.3 is 65.3 Å². The minimum Gasteiger partial charge on any atom is -0.493 e. The maximum Gasteiger partial charge on any atom is 0.248 e. The van der Waals surface area contributed by atoms with E-state index in [2.05, 4.69) is 62.0 Å². The molecule has 6 aromatic heterocycles. The lowest BCUT2D eigenvalue weighted by Gasteiger charge is -2.16. The van der Waals surface area contributed by atoms with Crippen LogP contribution in [0.1, 0.15) is 55.2 Å². The van der Waals surface area contributed by atoms with E-state index in [1.165, 1.54) is 29.3 Å². The number of halogens is 3. The van der Waals surface area contributed by atoms with Crippen molar-refractivity contribution in [3.05, 3.63) is 104 Å². The van der Waals surface area contributed by atoms with Gasteiger partial charge in [-0.1, -0.05) is 35.0 Å². The zero-order valence-electron chi connectivity index (χ0n) is 49.3. The van der Waals surface area contributed by atoms with Crippen LogP contribution >= 0.6 is 74.4 Å². The van der Waals surface area contributed by atoms with Crippen LogP contribution in [0.2, 0.25) is 10.0 Å². The van der Waals surface area contributed by atoms with Gasteiger partial charge in [0.15, 0.2) is 32.9 Å². The molecule has 2 amide bonds. The number of nitrogen functional groups attached to an aromatic ring is 3. The number of nitrogens with zero attached hydrogens (tertiary/aromatic N) is 11. The lowest BCUT2D eigenvalue weighted by Crippen LogP contribution is -2.31. The molecule has 0 spiro atoms. The number of nitrogens with one attached hydrogen (secondary N) is 1. The summed E-state index contributed by atoms with van der Waals surface area (Å²) in [4.78, 5) is 56.3. The first-order chi connectivity index (χ1) is 43.8. The van der Waals surface area contributed by atoms with Crippen LogP contribution in [0.4, 0.5) is 17.5 Å². The van der Waals surface area contributed by atoms with Gasteiger partial charge in [-0.3, -0.25) is 9.59 Å². The number of aliphatic hydroxyl groups is 1. The van der Waals surface area contributed by atoms with Crippen molar-refractivity contribution in [3.8, 4) is 17.2 Å². The lowest BCUT2D eigenvalue weighted by molar-refractivity contribution is -0.133. The number of amides is 2. The average molecular weight is 1380 g/mol. The average Bonchev–Trinajstić information content (AvgIpc) is 1.94. The summed E-state index contributed by atoms with van der Waals surface area (Å²) in [6, 6.07) is 18.1. The van der Waals surface area contributed by atoms with Gasteiger partial charge in [-0.2, -0.15) is 0 Å². The number of ether oxygens (including phenoxy) is 3. The molecule has 8 N–H and O–H groups in total. The maximum absolute atomic E-state index is 11.8. The van der Waals surface area contributed by atoms with E-state index in [1.54, 1.807) is 47.0 Å². The van der Waals surface area contributed by atoms with Crippen LogP contribution in [0.15, 0.2) is 108 Å². The van der Waals surface area contributed by atoms with Crippen LogP contribution < -0.4 is 36.7 Å². The Morgan fingerprint density at radius 3 is 1.52 bits per heavy atom. The number of aromatic nitrogens is 9. The number of aliphatic hydroxyl groups excluding tert-OH is 1. The summed E-state index contributed by atoms with van der Waals surface area (Å²) in [6.45, 7) is 9.39. The summed E-state index contributed by atoms with van der Waals surface area (Å²) < 4.78 is 24.8. The van der Waals surface area contributed by atoms with Gasteiger partial charge in [0.25, 0.3) is 0 Å². The number of likely N-dealkylation sites (tertiary alicyclic amines) is 2. The van der Waals surface area contributed by atoms with Crippen molar-refractivity contribution in [1.29, 1.82) is 0 Å². The molecule has 21 nitrogen and oxygen atoms in total. The highest BCUT2D eigenvalue weighted by Crippen LogP contribution is 2.44. The molecule has 3 saturated heterocycles. The van der Waals surface area contributed by atoms with Crippen molar-refractivity contribution >= 4 is 137 Å². The Kier molecular flexibility index (Phi) is 19.1. The maximum atomic E-state index is 11.8. The summed E-state index contributed by atoms with van der Waals surface area (Å²) in [5.41, 5.74) is 27.0. The van der Waals surface area contributed by atoms with Gasteiger partial charge in [0.05, 0.1) is 46.4 Å². The number of aryl methyl sites for hydroxylation is 3. The molecule has 6 aliphatic rings. The van der Waals surface area contributed by atoms with E-state index in [1.807, 2.05) is 47.4 Å². The number of carbonyl (C=O) groups is 2. The first kappa shape index (κ1) is 62.1. The number of hydrogen-bond donors (Lipinski definition) is 5. The predicted octanol–water partition coefficient (Wildman–Crippen LogP) is 10.5. The van der Waals surface area contributed by atoms with Crippen LogP contribution in [-0.2, 0) is 48.5 Å². The molecule has 9 aromatic rings. The number of pyridine rings is 3. The molecule has 6 aliphatic heterocycles. The van der Waals surface area contributed by atoms with E-state index in [-0.39, 0.29) is 5.91 Å². The highest BCUT2D eigenvalue weighted by atomic mass is 79.9. The summed E-state index contributed by atoms with van der Waals surface area (Å²) in [6.07, 6.45) is 15.0. The Balaban J connectivity index is 0.000000124. The number of rotatable bonds is 17. The van der Waals surface area contributed by atoms with Crippen LogP contribution in [0, 0.1) is 17.8 Å². The normalized spacial score (nSPS) is 18.1. The monoisotopic (exact) mass is 1380 g/mol. The van der Waals surface area contributed by atoms with Crippen molar-refractivity contribution < 1.29 is 28.9 Å². The zero-order valence-corrected chi connectivity index (χ0v) is 54.8. The Bertz CT molecular complexity index is 4170. The largest absolute Gasteiger partial charge is 0.493 e. The highest BCUT2D eigenvalue weighted by Gasteiger charge is 2.29. The Morgan fingerprint density at radius 1 is 0.622 bits per heavy atom. The second kappa shape index (κ2) is 27.6. The number of hydrogen-bond acceptors (Lipinski definition) is 19. The molecule has 3 aromatic carbocycles. The molecule has 470 valence electrons. The van der Waals surface area contributed by atoms with Crippen molar-refractivity contribution in [3.63, 3.8) is 0 Å². The smallest absolute Gasteiger partial charge is 0.248 e. The Morgan fingerprint density at radius 2 is 1.07 bits per heavy atom. The van der Waals surface area contributed by atoms with Crippen LogP contribution in [0.25, 0.3) is 33.1 Å². The third kappa shape index (κ3) is 13.5. The van der Waals surface area contributed by atoms with E-state index in [9.17, 15) is 9.59 Å². The molecule has 0 saturated carbocycles. The number of imidazole rings is 3. The van der Waals surface area contributed by atoms with Crippen LogP contribution in [0.5, 0.6) is 17.2 Å². The molecule has 0 bridgehead atoms. The molecular weight excluding hydrogens is 1310 g/mol. The first-order valence-corrected chi connectivity index (χ1v) is 34.3. The topological polar surface area (TPSA) is 271 Å². The fourth-order valence-corrected chi connectivity index (χ4v) is 16.7. The third-order valence-corrected chi connectivity index (χ3v) is 22.4. The fraction of sp³-hybridized carbons (Fsp3) is 0.397. The van der Waals surface area contributed by atoms with E-state index in [0.717, 1.165) is 195 Å². The van der Waals surface area contributed by atoms with Gasteiger partial charge in [-0.25, -0.2) is 29.9 Å². The minimum atomic E-state index is -0.425. The van der Waals surface area contributed by atoms with Gasteiger partial charge in [-0.15, -0.1) is 0 Å². The van der Waals surface area contributed by atoms with Gasteiger partial charge in [0, 0.05) is 103 Å². The Labute approximate surface area is 551 Å². The van der Waals surface area contributed by atoms with E-state index >= 15 is 0 Å². The summed E-state index contributed by atoms with van der Waals surface area (Å²) >= 11 is 21.5. The summed E-state index contributed by atoms with van der Waals surface area (Å²) in [5, 5.41) is 16.6. The number of fused-ring (bicyclic) bond motifs is 6. The predicted molar refractivity (Wildman–Crippen MR) is 355 cm³/mol. The molecule has 90 heavy (non-hydrogen) atoms. The molecule has 3 unspecified atom stereocenters. The zero-order chi connectivity index (χ0) is 62.0. The third-order valence-electron chi connectivity index (χ3n) is 17.5. The fourth-order valence-electron chi connectivity index (χ4n) is 12.6. The van der Waals surface area contributed by atoms with Crippen molar-refractivity contribution in [2.75, 3.05) is 82.9 Å².